The van der Waals surface area contributed by atoms with Crippen LogP contribution in [-0.2, 0) is 4.74 Å². The van der Waals surface area contributed by atoms with E-state index in [4.69, 9.17) is 16.3 Å². The Bertz CT molecular complexity index is 1090. The number of rotatable bonds is 5. The van der Waals surface area contributed by atoms with Crippen LogP contribution in [0.5, 0.6) is 0 Å². The lowest BCUT2D eigenvalue weighted by Crippen LogP contribution is -2.43. The molecule has 0 spiro atoms. The predicted molar refractivity (Wildman–Crippen MR) is 122 cm³/mol. The van der Waals surface area contributed by atoms with Crippen molar-refractivity contribution in [2.45, 2.75) is 6.92 Å². The number of amides is 1. The molecule has 31 heavy (non-hydrogen) atoms. The van der Waals surface area contributed by atoms with E-state index in [9.17, 15) is 13.6 Å². The highest BCUT2D eigenvalue weighted by atomic mass is 35.5. The van der Waals surface area contributed by atoms with Crippen molar-refractivity contribution < 1.29 is 18.3 Å². The SMILES string of the molecule is Cc1cc(Cl)cc2sc(N(CCN3CCOCC3)C(=O)c3ccc(F)c(F)c3)nc12.Cl. The summed E-state index contributed by atoms with van der Waals surface area (Å²) >= 11 is 7.52. The number of aryl methyl sites for hydroxylation is 1. The minimum atomic E-state index is -1.05. The van der Waals surface area contributed by atoms with Crippen molar-refractivity contribution in [2.75, 3.05) is 44.3 Å². The molecule has 1 fully saturated rings. The summed E-state index contributed by atoms with van der Waals surface area (Å²) in [5.41, 5.74) is 1.76. The smallest absolute Gasteiger partial charge is 0.260 e. The fourth-order valence-corrected chi connectivity index (χ4v) is 4.84. The maximum Gasteiger partial charge on any atom is 0.260 e. The minimum Gasteiger partial charge on any atom is -0.379 e. The number of morpholine rings is 1. The number of hydrogen-bond acceptors (Lipinski definition) is 5. The van der Waals surface area contributed by atoms with Crippen LogP contribution in [0.1, 0.15) is 15.9 Å². The Balaban J connectivity index is 0.00000272. The standard InChI is InChI=1S/C21H20ClF2N3O2S.ClH/c1-13-10-15(22)12-18-19(13)25-21(30-18)27(5-4-26-6-8-29-9-7-26)20(28)14-2-3-16(23)17(24)11-14;/h2-3,10-12H,4-9H2,1H3;1H. The lowest BCUT2D eigenvalue weighted by atomic mass is 10.2. The molecule has 0 bridgehead atoms. The number of ether oxygens (including phenoxy) is 1. The number of fused-ring (bicyclic) bond motifs is 1. The highest BCUT2D eigenvalue weighted by Crippen LogP contribution is 2.33. The molecule has 1 amide bonds. The molecule has 0 atom stereocenters. The largest absolute Gasteiger partial charge is 0.379 e. The van der Waals surface area contributed by atoms with Gasteiger partial charge in [-0.05, 0) is 42.8 Å². The van der Waals surface area contributed by atoms with Gasteiger partial charge in [-0.1, -0.05) is 22.9 Å². The topological polar surface area (TPSA) is 45.7 Å². The normalized spacial score (nSPS) is 14.5. The molecular formula is C21H21Cl2F2N3O2S. The van der Waals surface area contributed by atoms with Gasteiger partial charge in [0.1, 0.15) is 0 Å². The van der Waals surface area contributed by atoms with Crippen LogP contribution in [0.15, 0.2) is 30.3 Å². The number of aromatic nitrogens is 1. The van der Waals surface area contributed by atoms with Gasteiger partial charge in [0.15, 0.2) is 16.8 Å². The van der Waals surface area contributed by atoms with Gasteiger partial charge in [0.25, 0.3) is 5.91 Å². The number of thiazole rings is 1. The molecule has 0 aliphatic carbocycles. The summed E-state index contributed by atoms with van der Waals surface area (Å²) in [6.45, 7) is 5.75. The van der Waals surface area contributed by atoms with Crippen molar-refractivity contribution in [1.82, 2.24) is 9.88 Å². The third-order valence-corrected chi connectivity index (χ3v) is 6.27. The first-order chi connectivity index (χ1) is 14.4. The number of anilines is 1. The molecular weight excluding hydrogens is 467 g/mol. The van der Waals surface area contributed by atoms with E-state index in [1.807, 2.05) is 19.1 Å². The number of halogens is 4. The van der Waals surface area contributed by atoms with Crippen LogP contribution in [0.25, 0.3) is 10.2 Å². The summed E-state index contributed by atoms with van der Waals surface area (Å²) in [4.78, 5) is 21.6. The lowest BCUT2D eigenvalue weighted by Gasteiger charge is -2.29. The van der Waals surface area contributed by atoms with Crippen LogP contribution in [0.3, 0.4) is 0 Å². The van der Waals surface area contributed by atoms with Crippen LogP contribution in [-0.4, -0.2) is 55.2 Å². The lowest BCUT2D eigenvalue weighted by molar-refractivity contribution is 0.0391. The van der Waals surface area contributed by atoms with E-state index in [1.54, 1.807) is 0 Å². The zero-order valence-corrected chi connectivity index (χ0v) is 19.1. The van der Waals surface area contributed by atoms with E-state index in [0.717, 1.165) is 41.0 Å². The molecule has 0 unspecified atom stereocenters. The van der Waals surface area contributed by atoms with Gasteiger partial charge in [0, 0.05) is 36.8 Å². The van der Waals surface area contributed by atoms with Gasteiger partial charge in [-0.2, -0.15) is 0 Å². The van der Waals surface area contributed by atoms with E-state index >= 15 is 0 Å². The van der Waals surface area contributed by atoms with Gasteiger partial charge >= 0.3 is 0 Å². The van der Waals surface area contributed by atoms with Crippen LogP contribution < -0.4 is 4.90 Å². The van der Waals surface area contributed by atoms with Gasteiger partial charge in [-0.3, -0.25) is 14.6 Å². The third-order valence-electron chi connectivity index (χ3n) is 5.03. The molecule has 1 saturated heterocycles. The molecule has 10 heteroatoms. The summed E-state index contributed by atoms with van der Waals surface area (Å²) < 4.78 is 33.3. The van der Waals surface area contributed by atoms with Crippen molar-refractivity contribution in [2.24, 2.45) is 0 Å². The maximum atomic E-state index is 13.8. The van der Waals surface area contributed by atoms with Crippen LogP contribution in [0, 0.1) is 18.6 Å². The van der Waals surface area contributed by atoms with E-state index < -0.39 is 17.5 Å². The summed E-state index contributed by atoms with van der Waals surface area (Å²) in [5.74, 6) is -2.47. The first-order valence-electron chi connectivity index (χ1n) is 9.56. The number of nitrogens with zero attached hydrogens (tertiary/aromatic N) is 3. The monoisotopic (exact) mass is 487 g/mol. The van der Waals surface area contributed by atoms with E-state index in [-0.39, 0.29) is 18.0 Å². The highest BCUT2D eigenvalue weighted by molar-refractivity contribution is 7.22. The molecule has 3 aromatic rings. The van der Waals surface area contributed by atoms with E-state index in [1.165, 1.54) is 22.3 Å². The Morgan fingerprint density at radius 3 is 2.68 bits per heavy atom. The molecule has 2 aromatic carbocycles. The molecule has 0 N–H and O–H groups in total. The van der Waals surface area contributed by atoms with Crippen LogP contribution >= 0.6 is 35.3 Å². The van der Waals surface area contributed by atoms with Crippen LogP contribution in [0.2, 0.25) is 5.02 Å². The fraction of sp³-hybridized carbons (Fsp3) is 0.333. The van der Waals surface area contributed by atoms with E-state index in [0.29, 0.717) is 36.5 Å². The first kappa shape index (κ1) is 23.8. The zero-order valence-electron chi connectivity index (χ0n) is 16.7. The third kappa shape index (κ3) is 5.32. The Labute approximate surface area is 194 Å². The fourth-order valence-electron chi connectivity index (χ4n) is 3.39. The first-order valence-corrected chi connectivity index (χ1v) is 10.8. The molecule has 1 aliphatic heterocycles. The Kier molecular flexibility index (Phi) is 7.82. The number of hydrogen-bond donors (Lipinski definition) is 0. The Hall–Kier alpha value is -1.84. The summed E-state index contributed by atoms with van der Waals surface area (Å²) in [5, 5.41) is 1.10. The molecule has 2 heterocycles. The molecule has 4 rings (SSSR count). The highest BCUT2D eigenvalue weighted by Gasteiger charge is 2.24. The Morgan fingerprint density at radius 2 is 1.97 bits per heavy atom. The molecule has 0 radical (unpaired) electrons. The quantitative estimate of drug-likeness (QED) is 0.511. The molecule has 5 nitrogen and oxygen atoms in total. The number of carbonyl (C=O) groups is 1. The van der Waals surface area contributed by atoms with Gasteiger partial charge in [-0.15, -0.1) is 12.4 Å². The average Bonchev–Trinajstić information content (AvgIpc) is 3.15. The van der Waals surface area contributed by atoms with E-state index in [2.05, 4.69) is 9.88 Å². The molecule has 1 aliphatic rings. The van der Waals surface area contributed by atoms with Gasteiger partial charge in [0.2, 0.25) is 0 Å². The van der Waals surface area contributed by atoms with Gasteiger partial charge < -0.3 is 4.74 Å². The van der Waals surface area contributed by atoms with Crippen molar-refractivity contribution in [3.05, 3.63) is 58.1 Å². The van der Waals surface area contributed by atoms with Crippen molar-refractivity contribution >= 4 is 56.6 Å². The molecule has 166 valence electrons. The van der Waals surface area contributed by atoms with Gasteiger partial charge in [-0.25, -0.2) is 13.8 Å². The predicted octanol–water partition coefficient (Wildman–Crippen LogP) is 4.94. The van der Waals surface area contributed by atoms with Crippen molar-refractivity contribution in [3.63, 3.8) is 0 Å². The average molecular weight is 488 g/mol. The summed E-state index contributed by atoms with van der Waals surface area (Å²) in [7, 11) is 0. The summed E-state index contributed by atoms with van der Waals surface area (Å²) in [6.07, 6.45) is 0. The van der Waals surface area contributed by atoms with Gasteiger partial charge in [0.05, 0.1) is 23.4 Å². The number of benzene rings is 2. The second kappa shape index (κ2) is 10.2. The molecule has 1 aromatic heterocycles. The molecule has 0 saturated carbocycles. The second-order valence-corrected chi connectivity index (χ2v) is 8.55. The van der Waals surface area contributed by atoms with Crippen molar-refractivity contribution in [3.8, 4) is 0 Å². The van der Waals surface area contributed by atoms with Crippen LogP contribution in [0.4, 0.5) is 13.9 Å². The summed E-state index contributed by atoms with van der Waals surface area (Å²) in [6, 6.07) is 6.81. The maximum absolute atomic E-state index is 13.8. The second-order valence-electron chi connectivity index (χ2n) is 7.11. The Morgan fingerprint density at radius 1 is 1.23 bits per heavy atom. The zero-order chi connectivity index (χ0) is 21.3. The minimum absolute atomic E-state index is 0. The number of carbonyl (C=O) groups excluding carboxylic acids is 1. The van der Waals surface area contributed by atoms with Crippen molar-refractivity contribution in [1.29, 1.82) is 0 Å².